The van der Waals surface area contributed by atoms with Crippen molar-refractivity contribution in [2.75, 3.05) is 20.2 Å². The predicted molar refractivity (Wildman–Crippen MR) is 72.1 cm³/mol. The molecule has 0 aromatic heterocycles. The van der Waals surface area contributed by atoms with Crippen molar-refractivity contribution in [2.24, 2.45) is 5.73 Å². The molecule has 3 heteroatoms. The monoisotopic (exact) mass is 236 g/mol. The van der Waals surface area contributed by atoms with Crippen LogP contribution in [0.2, 0.25) is 0 Å². The van der Waals surface area contributed by atoms with E-state index in [1.54, 1.807) is 7.11 Å². The van der Waals surface area contributed by atoms with E-state index in [4.69, 9.17) is 10.5 Å². The van der Waals surface area contributed by atoms with E-state index < -0.39 is 0 Å². The Labute approximate surface area is 104 Å². The van der Waals surface area contributed by atoms with Gasteiger partial charge in [0.15, 0.2) is 0 Å². The number of benzene rings is 1. The van der Waals surface area contributed by atoms with Crippen LogP contribution in [0.15, 0.2) is 24.3 Å². The number of hydrogen-bond acceptors (Lipinski definition) is 3. The second kappa shape index (κ2) is 7.43. The number of hydrogen-bond donors (Lipinski definition) is 2. The molecule has 0 saturated heterocycles. The molecule has 2 atom stereocenters. The van der Waals surface area contributed by atoms with E-state index in [1.165, 1.54) is 11.1 Å². The lowest BCUT2D eigenvalue weighted by Gasteiger charge is -2.20. The summed E-state index contributed by atoms with van der Waals surface area (Å²) in [7, 11) is 1.72. The molecule has 3 nitrogen and oxygen atoms in total. The molecule has 0 spiro atoms. The summed E-state index contributed by atoms with van der Waals surface area (Å²) in [5.74, 6) is 0. The highest BCUT2D eigenvalue weighted by Crippen LogP contribution is 2.13. The maximum Gasteiger partial charge on any atom is 0.0667 e. The summed E-state index contributed by atoms with van der Waals surface area (Å²) in [5.41, 5.74) is 8.40. The zero-order valence-electron chi connectivity index (χ0n) is 11.1. The normalized spacial score (nSPS) is 14.6. The van der Waals surface area contributed by atoms with Gasteiger partial charge in [0.25, 0.3) is 0 Å². The molecule has 0 aliphatic rings. The summed E-state index contributed by atoms with van der Waals surface area (Å²) in [4.78, 5) is 0. The molecule has 0 fully saturated rings. The number of nitrogens with one attached hydrogen (secondary N) is 1. The number of methoxy groups -OCH3 is 1. The first-order chi connectivity index (χ1) is 8.21. The fourth-order valence-electron chi connectivity index (χ4n) is 1.71. The Morgan fingerprint density at radius 1 is 1.29 bits per heavy atom. The number of aryl methyl sites for hydroxylation is 1. The second-order valence-electron chi connectivity index (χ2n) is 4.34. The molecule has 0 saturated carbocycles. The summed E-state index contributed by atoms with van der Waals surface area (Å²) in [6.45, 7) is 5.62. The molecule has 1 aromatic carbocycles. The number of ether oxygens (including phenoxy) is 1. The maximum absolute atomic E-state index is 5.80. The van der Waals surface area contributed by atoms with Crippen molar-refractivity contribution >= 4 is 0 Å². The highest BCUT2D eigenvalue weighted by atomic mass is 16.5. The standard InChI is InChI=1S/C14H24N2O/c1-4-12-5-7-13(8-6-12)14(9-15)16-10-11(2)17-3/h5-8,11,14,16H,4,9-10,15H2,1-3H3. The van der Waals surface area contributed by atoms with Crippen LogP contribution in [0.25, 0.3) is 0 Å². The van der Waals surface area contributed by atoms with Gasteiger partial charge in [0, 0.05) is 26.2 Å². The van der Waals surface area contributed by atoms with Gasteiger partial charge in [-0.15, -0.1) is 0 Å². The van der Waals surface area contributed by atoms with Crippen molar-refractivity contribution < 1.29 is 4.74 Å². The molecule has 0 bridgehead atoms. The predicted octanol–water partition coefficient (Wildman–Crippen LogP) is 1.87. The van der Waals surface area contributed by atoms with Crippen LogP contribution in [-0.4, -0.2) is 26.3 Å². The largest absolute Gasteiger partial charge is 0.380 e. The van der Waals surface area contributed by atoms with Gasteiger partial charge in [-0.1, -0.05) is 31.2 Å². The Hall–Kier alpha value is -0.900. The van der Waals surface area contributed by atoms with Gasteiger partial charge in [0.2, 0.25) is 0 Å². The molecule has 17 heavy (non-hydrogen) atoms. The number of nitrogens with two attached hydrogens (primary N) is 1. The van der Waals surface area contributed by atoms with Crippen LogP contribution < -0.4 is 11.1 Å². The molecular weight excluding hydrogens is 212 g/mol. The summed E-state index contributed by atoms with van der Waals surface area (Å²) in [5, 5.41) is 3.42. The molecule has 2 unspecified atom stereocenters. The third kappa shape index (κ3) is 4.46. The Balaban J connectivity index is 2.59. The summed E-state index contributed by atoms with van der Waals surface area (Å²) < 4.78 is 5.21. The van der Waals surface area contributed by atoms with E-state index in [0.717, 1.165) is 13.0 Å². The molecule has 96 valence electrons. The Morgan fingerprint density at radius 2 is 1.94 bits per heavy atom. The minimum atomic E-state index is 0.207. The lowest BCUT2D eigenvalue weighted by Crippen LogP contribution is -2.33. The van der Waals surface area contributed by atoms with Crippen LogP contribution in [0.1, 0.15) is 31.0 Å². The van der Waals surface area contributed by atoms with E-state index in [9.17, 15) is 0 Å². The minimum absolute atomic E-state index is 0.207. The van der Waals surface area contributed by atoms with Crippen molar-refractivity contribution in [2.45, 2.75) is 32.4 Å². The highest BCUT2D eigenvalue weighted by molar-refractivity contribution is 5.25. The number of rotatable bonds is 7. The van der Waals surface area contributed by atoms with Crippen molar-refractivity contribution in [3.63, 3.8) is 0 Å². The van der Waals surface area contributed by atoms with E-state index in [0.29, 0.717) is 6.54 Å². The minimum Gasteiger partial charge on any atom is -0.380 e. The first kappa shape index (κ1) is 14.2. The third-order valence-electron chi connectivity index (χ3n) is 3.08. The molecule has 1 rings (SSSR count). The average molecular weight is 236 g/mol. The highest BCUT2D eigenvalue weighted by Gasteiger charge is 2.10. The quantitative estimate of drug-likeness (QED) is 0.760. The molecule has 0 aliphatic carbocycles. The van der Waals surface area contributed by atoms with Crippen molar-refractivity contribution in [3.8, 4) is 0 Å². The molecular formula is C14H24N2O. The molecule has 0 radical (unpaired) electrons. The van der Waals surface area contributed by atoms with Gasteiger partial charge in [0.05, 0.1) is 6.10 Å². The van der Waals surface area contributed by atoms with Crippen LogP contribution in [-0.2, 0) is 11.2 Å². The van der Waals surface area contributed by atoms with E-state index in [1.807, 2.05) is 6.92 Å². The van der Waals surface area contributed by atoms with Crippen LogP contribution in [0.3, 0.4) is 0 Å². The average Bonchev–Trinajstić information content (AvgIpc) is 2.39. The van der Waals surface area contributed by atoms with Gasteiger partial charge in [-0.2, -0.15) is 0 Å². The fraction of sp³-hybridized carbons (Fsp3) is 0.571. The van der Waals surface area contributed by atoms with Gasteiger partial charge in [-0.25, -0.2) is 0 Å². The lowest BCUT2D eigenvalue weighted by molar-refractivity contribution is 0.114. The van der Waals surface area contributed by atoms with Crippen molar-refractivity contribution in [3.05, 3.63) is 35.4 Å². The van der Waals surface area contributed by atoms with Crippen LogP contribution in [0.4, 0.5) is 0 Å². The molecule has 0 heterocycles. The van der Waals surface area contributed by atoms with Crippen LogP contribution in [0, 0.1) is 0 Å². The van der Waals surface area contributed by atoms with Gasteiger partial charge < -0.3 is 15.8 Å². The molecule has 3 N–H and O–H groups in total. The zero-order valence-corrected chi connectivity index (χ0v) is 11.1. The Bertz CT molecular complexity index is 311. The second-order valence-corrected chi connectivity index (χ2v) is 4.34. The van der Waals surface area contributed by atoms with E-state index in [-0.39, 0.29) is 12.1 Å². The fourth-order valence-corrected chi connectivity index (χ4v) is 1.71. The Morgan fingerprint density at radius 3 is 2.41 bits per heavy atom. The van der Waals surface area contributed by atoms with Gasteiger partial charge >= 0.3 is 0 Å². The smallest absolute Gasteiger partial charge is 0.0667 e. The molecule has 1 aromatic rings. The topological polar surface area (TPSA) is 47.3 Å². The van der Waals surface area contributed by atoms with E-state index >= 15 is 0 Å². The van der Waals surface area contributed by atoms with Crippen molar-refractivity contribution in [1.82, 2.24) is 5.32 Å². The molecule has 0 amide bonds. The first-order valence-corrected chi connectivity index (χ1v) is 6.26. The summed E-state index contributed by atoms with van der Waals surface area (Å²) in [6, 6.07) is 8.85. The molecule has 0 aliphatic heterocycles. The Kier molecular flexibility index (Phi) is 6.19. The maximum atomic E-state index is 5.80. The zero-order chi connectivity index (χ0) is 12.7. The van der Waals surface area contributed by atoms with Gasteiger partial charge in [-0.05, 0) is 24.5 Å². The van der Waals surface area contributed by atoms with Gasteiger partial charge in [0.1, 0.15) is 0 Å². The van der Waals surface area contributed by atoms with Crippen molar-refractivity contribution in [1.29, 1.82) is 0 Å². The summed E-state index contributed by atoms with van der Waals surface area (Å²) >= 11 is 0. The first-order valence-electron chi connectivity index (χ1n) is 6.26. The summed E-state index contributed by atoms with van der Waals surface area (Å²) in [6.07, 6.45) is 1.28. The van der Waals surface area contributed by atoms with E-state index in [2.05, 4.69) is 36.5 Å². The van der Waals surface area contributed by atoms with Crippen LogP contribution in [0.5, 0.6) is 0 Å². The SMILES string of the molecule is CCc1ccc(C(CN)NCC(C)OC)cc1. The lowest BCUT2D eigenvalue weighted by atomic mass is 10.0. The van der Waals surface area contributed by atoms with Crippen LogP contribution >= 0.6 is 0 Å². The third-order valence-corrected chi connectivity index (χ3v) is 3.08. The van der Waals surface area contributed by atoms with Gasteiger partial charge in [-0.3, -0.25) is 0 Å².